The van der Waals surface area contributed by atoms with Crippen LogP contribution in [0.3, 0.4) is 0 Å². The molecule has 0 radical (unpaired) electrons. The fourth-order valence-electron chi connectivity index (χ4n) is 1.33. The average Bonchev–Trinajstić information content (AvgIpc) is 2.31. The summed E-state index contributed by atoms with van der Waals surface area (Å²) in [5.41, 5.74) is 5.25. The Bertz CT molecular complexity index is 75.9. The van der Waals surface area contributed by atoms with Crippen molar-refractivity contribution < 1.29 is 10.2 Å². The van der Waals surface area contributed by atoms with Crippen LogP contribution in [-0.4, -0.2) is 30.0 Å². The number of nitrogens with two attached hydrogens (primary N) is 1. The number of rotatable bonds is 10. The largest absolute Gasteiger partial charge is 0.396 e. The Balaban J connectivity index is 0. The number of unbranched alkanes of at least 4 members (excludes halogenated alkanes) is 7. The van der Waals surface area contributed by atoms with Crippen LogP contribution in [-0.2, 0) is 0 Å². The Morgan fingerprint density at radius 2 is 1.12 bits per heavy atom. The molecule has 4 N–H and O–H groups in total. The van der Waals surface area contributed by atoms with E-state index in [4.69, 9.17) is 15.9 Å². The molecule has 0 bridgehead atoms. The third kappa shape index (κ3) is 23.6. The lowest BCUT2D eigenvalue weighted by molar-refractivity contribution is 0.282. The quantitative estimate of drug-likeness (QED) is 0.508. The van der Waals surface area contributed by atoms with Gasteiger partial charge in [-0.05, 0) is 25.8 Å². The summed E-state index contributed by atoms with van der Waals surface area (Å²) in [6.45, 7) is 3.67. The second-order valence-electron chi connectivity index (χ2n) is 4.06. The first kappa shape index (κ1) is 18.3. The molecule has 0 aromatic rings. The summed E-state index contributed by atoms with van der Waals surface area (Å²) >= 11 is 0. The molecule has 0 saturated carbocycles. The maximum atomic E-state index is 8.37. The van der Waals surface area contributed by atoms with Crippen molar-refractivity contribution in [3.05, 3.63) is 0 Å². The molecule has 0 heterocycles. The SMILES string of the molecule is CCCCCCCO.NCCCCCCO. The number of aliphatic hydroxyl groups is 2. The van der Waals surface area contributed by atoms with Crippen LogP contribution in [0.5, 0.6) is 0 Å². The Kier molecular flexibility index (Phi) is 23.2. The van der Waals surface area contributed by atoms with E-state index >= 15 is 0 Å². The minimum atomic E-state index is 0.324. The summed E-state index contributed by atoms with van der Waals surface area (Å²) < 4.78 is 0. The highest BCUT2D eigenvalue weighted by Gasteiger charge is 1.84. The standard InChI is InChI=1S/C7H16O.C6H15NO/c1-2-3-4-5-6-7-8;7-5-3-1-2-4-6-8/h8H,2-7H2,1H3;8H,1-7H2. The van der Waals surface area contributed by atoms with Crippen LogP contribution in [0.1, 0.15) is 64.7 Å². The van der Waals surface area contributed by atoms with Crippen molar-refractivity contribution in [3.63, 3.8) is 0 Å². The van der Waals surface area contributed by atoms with Gasteiger partial charge in [0.2, 0.25) is 0 Å². The van der Waals surface area contributed by atoms with Crippen LogP contribution in [0.15, 0.2) is 0 Å². The number of hydrogen-bond acceptors (Lipinski definition) is 3. The molecule has 0 amide bonds. The molecule has 100 valence electrons. The third-order valence-corrected chi connectivity index (χ3v) is 2.37. The monoisotopic (exact) mass is 233 g/mol. The van der Waals surface area contributed by atoms with E-state index < -0.39 is 0 Å². The molecule has 0 aliphatic rings. The van der Waals surface area contributed by atoms with Gasteiger partial charge in [-0.25, -0.2) is 0 Å². The zero-order valence-electron chi connectivity index (χ0n) is 11.0. The van der Waals surface area contributed by atoms with Crippen molar-refractivity contribution in [2.75, 3.05) is 19.8 Å². The molecule has 0 spiro atoms. The Labute approximate surface area is 101 Å². The normalized spacial score (nSPS) is 9.75. The molecule has 0 fully saturated rings. The summed E-state index contributed by atoms with van der Waals surface area (Å²) in [5.74, 6) is 0. The van der Waals surface area contributed by atoms with Gasteiger partial charge in [-0.2, -0.15) is 0 Å². The summed E-state index contributed by atoms with van der Waals surface area (Å²) in [6, 6.07) is 0. The predicted octanol–water partition coefficient (Wildman–Crippen LogP) is 2.45. The van der Waals surface area contributed by atoms with Gasteiger partial charge in [-0.3, -0.25) is 0 Å². The lowest BCUT2D eigenvalue weighted by Crippen LogP contribution is -1.97. The smallest absolute Gasteiger partial charge is 0.0431 e. The maximum absolute atomic E-state index is 8.37. The molecule has 0 rings (SSSR count). The van der Waals surface area contributed by atoms with E-state index in [0.29, 0.717) is 13.2 Å². The summed E-state index contributed by atoms with van der Waals surface area (Å²) in [6.07, 6.45) is 10.4. The lowest BCUT2D eigenvalue weighted by Gasteiger charge is -1.93. The second-order valence-corrected chi connectivity index (χ2v) is 4.06. The summed E-state index contributed by atoms with van der Waals surface area (Å²) in [7, 11) is 0. The number of hydrogen-bond donors (Lipinski definition) is 3. The molecule has 0 aromatic carbocycles. The fraction of sp³-hybridized carbons (Fsp3) is 1.00. The van der Waals surface area contributed by atoms with Gasteiger partial charge in [0.25, 0.3) is 0 Å². The minimum Gasteiger partial charge on any atom is -0.396 e. The molecule has 0 aliphatic heterocycles. The predicted molar refractivity (Wildman–Crippen MR) is 70.5 cm³/mol. The van der Waals surface area contributed by atoms with E-state index in [2.05, 4.69) is 6.92 Å². The van der Waals surface area contributed by atoms with Gasteiger partial charge in [0, 0.05) is 13.2 Å². The van der Waals surface area contributed by atoms with Crippen molar-refractivity contribution >= 4 is 0 Å². The third-order valence-electron chi connectivity index (χ3n) is 2.37. The Morgan fingerprint density at radius 3 is 1.50 bits per heavy atom. The van der Waals surface area contributed by atoms with Gasteiger partial charge < -0.3 is 15.9 Å². The zero-order valence-corrected chi connectivity index (χ0v) is 11.0. The van der Waals surface area contributed by atoms with Gasteiger partial charge in [0.1, 0.15) is 0 Å². The Hall–Kier alpha value is -0.120. The molecule has 0 unspecified atom stereocenters. The van der Waals surface area contributed by atoms with Crippen LogP contribution in [0, 0.1) is 0 Å². The number of aliphatic hydroxyl groups excluding tert-OH is 2. The molecule has 0 aliphatic carbocycles. The molecule has 3 heteroatoms. The van der Waals surface area contributed by atoms with Crippen LogP contribution >= 0.6 is 0 Å². The van der Waals surface area contributed by atoms with Gasteiger partial charge >= 0.3 is 0 Å². The minimum absolute atomic E-state index is 0.324. The van der Waals surface area contributed by atoms with Gasteiger partial charge in [-0.1, -0.05) is 45.4 Å². The second kappa shape index (κ2) is 20.3. The van der Waals surface area contributed by atoms with E-state index in [9.17, 15) is 0 Å². The van der Waals surface area contributed by atoms with E-state index in [1.165, 1.54) is 25.7 Å². The fourth-order valence-corrected chi connectivity index (χ4v) is 1.33. The van der Waals surface area contributed by atoms with Crippen molar-refractivity contribution in [3.8, 4) is 0 Å². The summed E-state index contributed by atoms with van der Waals surface area (Å²) in [5, 5.41) is 16.7. The maximum Gasteiger partial charge on any atom is 0.0431 e. The van der Waals surface area contributed by atoms with Gasteiger partial charge in [0.05, 0.1) is 0 Å². The topological polar surface area (TPSA) is 66.5 Å². The molecular formula is C13H31NO2. The van der Waals surface area contributed by atoms with Crippen molar-refractivity contribution in [2.24, 2.45) is 5.73 Å². The van der Waals surface area contributed by atoms with Crippen molar-refractivity contribution in [1.29, 1.82) is 0 Å². The molecule has 16 heavy (non-hydrogen) atoms. The van der Waals surface area contributed by atoms with E-state index in [-0.39, 0.29) is 0 Å². The molecule has 0 aromatic heterocycles. The Morgan fingerprint density at radius 1 is 0.688 bits per heavy atom. The highest BCUT2D eigenvalue weighted by Crippen LogP contribution is 2.00. The first-order valence-electron chi connectivity index (χ1n) is 6.75. The van der Waals surface area contributed by atoms with E-state index in [1.54, 1.807) is 0 Å². The average molecular weight is 233 g/mol. The van der Waals surface area contributed by atoms with Crippen LogP contribution in [0.25, 0.3) is 0 Å². The first-order valence-corrected chi connectivity index (χ1v) is 6.75. The van der Waals surface area contributed by atoms with Crippen molar-refractivity contribution in [1.82, 2.24) is 0 Å². The molecule has 0 saturated heterocycles. The van der Waals surface area contributed by atoms with Crippen LogP contribution < -0.4 is 5.73 Å². The lowest BCUT2D eigenvalue weighted by atomic mass is 10.2. The van der Waals surface area contributed by atoms with Crippen molar-refractivity contribution in [2.45, 2.75) is 64.7 Å². The van der Waals surface area contributed by atoms with Gasteiger partial charge in [0.15, 0.2) is 0 Å². The highest BCUT2D eigenvalue weighted by molar-refractivity contribution is 4.41. The van der Waals surface area contributed by atoms with Crippen LogP contribution in [0.2, 0.25) is 0 Å². The van der Waals surface area contributed by atoms with Gasteiger partial charge in [-0.15, -0.1) is 0 Å². The van der Waals surface area contributed by atoms with Crippen LogP contribution in [0.4, 0.5) is 0 Å². The zero-order chi connectivity index (χ0) is 12.5. The molecule has 0 atom stereocenters. The molecular weight excluding hydrogens is 202 g/mol. The molecule has 3 nitrogen and oxygen atoms in total. The van der Waals surface area contributed by atoms with E-state index in [0.717, 1.165) is 38.6 Å². The van der Waals surface area contributed by atoms with E-state index in [1.807, 2.05) is 0 Å². The first-order chi connectivity index (χ1) is 7.83. The highest BCUT2D eigenvalue weighted by atomic mass is 16.3. The summed E-state index contributed by atoms with van der Waals surface area (Å²) in [4.78, 5) is 0.